The number of nitrogens with zero attached hydrogens (tertiary/aromatic N) is 3. The van der Waals surface area contributed by atoms with E-state index in [0.29, 0.717) is 29.9 Å². The van der Waals surface area contributed by atoms with Gasteiger partial charge in [-0.2, -0.15) is 5.10 Å². The molecule has 0 radical (unpaired) electrons. The lowest BCUT2D eigenvalue weighted by molar-refractivity contribution is -0.116. The first-order valence-electron chi connectivity index (χ1n) is 7.60. The summed E-state index contributed by atoms with van der Waals surface area (Å²) in [6.45, 7) is 1.89. The second-order valence-corrected chi connectivity index (χ2v) is 5.69. The number of carbonyl (C=O) groups excluding carboxylic acids is 1. The summed E-state index contributed by atoms with van der Waals surface area (Å²) in [7, 11) is 1.89. The van der Waals surface area contributed by atoms with E-state index in [9.17, 15) is 9.18 Å². The number of imidazole rings is 1. The Morgan fingerprint density at radius 3 is 2.96 bits per heavy atom. The van der Waals surface area contributed by atoms with Crippen LogP contribution in [0.25, 0.3) is 11.3 Å². The van der Waals surface area contributed by atoms with Crippen LogP contribution >= 0.6 is 0 Å². The SMILES string of the molecule is Cc1ccc(F)c(-c2cc(NC(=O)CCc3cncn3C)n[nH]2)c1. The highest BCUT2D eigenvalue weighted by molar-refractivity contribution is 5.90. The van der Waals surface area contributed by atoms with Gasteiger partial charge in [0.05, 0.1) is 12.0 Å². The Kier molecular flexibility index (Phi) is 4.41. The van der Waals surface area contributed by atoms with Gasteiger partial charge < -0.3 is 9.88 Å². The molecule has 0 aliphatic rings. The van der Waals surface area contributed by atoms with Crippen molar-refractivity contribution in [3.05, 3.63) is 53.9 Å². The zero-order valence-electron chi connectivity index (χ0n) is 13.5. The molecule has 3 aromatic rings. The van der Waals surface area contributed by atoms with Crippen LogP contribution in [-0.4, -0.2) is 25.7 Å². The average molecular weight is 327 g/mol. The van der Waals surface area contributed by atoms with E-state index in [0.717, 1.165) is 11.3 Å². The second kappa shape index (κ2) is 6.66. The average Bonchev–Trinajstić information content (AvgIpc) is 3.17. The van der Waals surface area contributed by atoms with E-state index >= 15 is 0 Å². The molecule has 124 valence electrons. The summed E-state index contributed by atoms with van der Waals surface area (Å²) in [4.78, 5) is 16.0. The number of H-pyrrole nitrogens is 1. The van der Waals surface area contributed by atoms with Crippen molar-refractivity contribution in [1.29, 1.82) is 0 Å². The van der Waals surface area contributed by atoms with Crippen LogP contribution < -0.4 is 5.32 Å². The van der Waals surface area contributed by atoms with E-state index in [4.69, 9.17) is 0 Å². The minimum atomic E-state index is -0.335. The van der Waals surface area contributed by atoms with E-state index < -0.39 is 0 Å². The van der Waals surface area contributed by atoms with Crippen molar-refractivity contribution in [3.8, 4) is 11.3 Å². The Morgan fingerprint density at radius 1 is 1.38 bits per heavy atom. The highest BCUT2D eigenvalue weighted by Crippen LogP contribution is 2.24. The molecule has 2 aromatic heterocycles. The largest absolute Gasteiger partial charge is 0.338 e. The number of rotatable bonds is 5. The number of hydrogen-bond acceptors (Lipinski definition) is 3. The second-order valence-electron chi connectivity index (χ2n) is 5.69. The quantitative estimate of drug-likeness (QED) is 0.756. The highest BCUT2D eigenvalue weighted by atomic mass is 19.1. The lowest BCUT2D eigenvalue weighted by Gasteiger charge is -2.03. The Morgan fingerprint density at radius 2 is 2.21 bits per heavy atom. The fraction of sp³-hybridized carbons (Fsp3) is 0.235. The summed E-state index contributed by atoms with van der Waals surface area (Å²) in [5.41, 5.74) is 2.88. The van der Waals surface area contributed by atoms with Crippen LogP contribution in [0.2, 0.25) is 0 Å². The maximum atomic E-state index is 13.9. The third-order valence-electron chi connectivity index (χ3n) is 3.78. The van der Waals surface area contributed by atoms with Crippen LogP contribution in [0.5, 0.6) is 0 Å². The number of amides is 1. The Bertz CT molecular complexity index is 868. The zero-order chi connectivity index (χ0) is 17.1. The van der Waals surface area contributed by atoms with E-state index in [1.165, 1.54) is 6.07 Å². The molecule has 0 saturated heterocycles. The first-order chi connectivity index (χ1) is 11.5. The summed E-state index contributed by atoms with van der Waals surface area (Å²) < 4.78 is 15.8. The van der Waals surface area contributed by atoms with Crippen LogP contribution in [0, 0.1) is 12.7 Å². The molecule has 3 rings (SSSR count). The van der Waals surface area contributed by atoms with Gasteiger partial charge in [-0.25, -0.2) is 9.37 Å². The molecule has 0 atom stereocenters. The van der Waals surface area contributed by atoms with E-state index in [1.54, 1.807) is 30.7 Å². The summed E-state index contributed by atoms with van der Waals surface area (Å²) in [5.74, 6) is -0.113. The van der Waals surface area contributed by atoms with Gasteiger partial charge in [0.25, 0.3) is 0 Å². The normalized spacial score (nSPS) is 10.8. The Labute approximate surface area is 138 Å². The van der Waals surface area contributed by atoms with Gasteiger partial charge in [-0.3, -0.25) is 9.89 Å². The van der Waals surface area contributed by atoms with Crippen molar-refractivity contribution in [3.63, 3.8) is 0 Å². The van der Waals surface area contributed by atoms with Crippen molar-refractivity contribution in [2.45, 2.75) is 19.8 Å². The maximum absolute atomic E-state index is 13.9. The molecule has 24 heavy (non-hydrogen) atoms. The summed E-state index contributed by atoms with van der Waals surface area (Å²) in [6.07, 6.45) is 4.34. The number of aromatic nitrogens is 4. The van der Waals surface area contributed by atoms with E-state index in [1.807, 2.05) is 18.5 Å². The molecule has 2 N–H and O–H groups in total. The van der Waals surface area contributed by atoms with Gasteiger partial charge in [-0.1, -0.05) is 11.6 Å². The first kappa shape index (κ1) is 15.9. The lowest BCUT2D eigenvalue weighted by atomic mass is 10.1. The fourth-order valence-corrected chi connectivity index (χ4v) is 2.44. The van der Waals surface area contributed by atoms with Crippen LogP contribution in [0.1, 0.15) is 17.7 Å². The van der Waals surface area contributed by atoms with Crippen molar-refractivity contribution in [1.82, 2.24) is 19.7 Å². The summed E-state index contributed by atoms with van der Waals surface area (Å²) >= 11 is 0. The maximum Gasteiger partial charge on any atom is 0.225 e. The van der Waals surface area contributed by atoms with E-state index in [-0.39, 0.29) is 11.7 Å². The molecule has 0 saturated carbocycles. The standard InChI is InChI=1S/C17H18FN5O/c1-11-3-5-14(18)13(7-11)15-8-16(22-21-15)20-17(24)6-4-12-9-19-10-23(12)2/h3,5,7-10H,4,6H2,1-2H3,(H2,20,21,22,24). The zero-order valence-corrected chi connectivity index (χ0v) is 13.5. The number of nitrogens with one attached hydrogen (secondary N) is 2. The molecule has 6 nitrogen and oxygen atoms in total. The fourth-order valence-electron chi connectivity index (χ4n) is 2.44. The van der Waals surface area contributed by atoms with Gasteiger partial charge in [-0.15, -0.1) is 0 Å². The molecule has 7 heteroatoms. The number of aryl methyl sites for hydroxylation is 3. The number of aromatic amines is 1. The van der Waals surface area contributed by atoms with Gasteiger partial charge in [0, 0.05) is 37.0 Å². The number of halogens is 1. The van der Waals surface area contributed by atoms with Crippen LogP contribution in [-0.2, 0) is 18.3 Å². The van der Waals surface area contributed by atoms with Gasteiger partial charge >= 0.3 is 0 Å². The third kappa shape index (κ3) is 3.51. The number of anilines is 1. The highest BCUT2D eigenvalue weighted by Gasteiger charge is 2.11. The predicted octanol–water partition coefficient (Wildman–Crippen LogP) is 2.83. The lowest BCUT2D eigenvalue weighted by Crippen LogP contribution is -2.13. The minimum absolute atomic E-state index is 0.154. The van der Waals surface area contributed by atoms with Gasteiger partial charge in [0.2, 0.25) is 5.91 Å². The molecule has 0 unspecified atom stereocenters. The van der Waals surface area contributed by atoms with Crippen LogP contribution in [0.15, 0.2) is 36.8 Å². The molecule has 0 aliphatic heterocycles. The van der Waals surface area contributed by atoms with Crippen LogP contribution in [0.4, 0.5) is 10.2 Å². The van der Waals surface area contributed by atoms with Crippen molar-refractivity contribution >= 4 is 11.7 Å². The summed E-state index contributed by atoms with van der Waals surface area (Å²) in [6, 6.07) is 6.48. The molecule has 2 heterocycles. The van der Waals surface area contributed by atoms with Gasteiger partial charge in [-0.05, 0) is 25.5 Å². The smallest absolute Gasteiger partial charge is 0.225 e. The summed E-state index contributed by atoms with van der Waals surface area (Å²) in [5, 5.41) is 9.49. The monoisotopic (exact) mass is 327 g/mol. The van der Waals surface area contributed by atoms with E-state index in [2.05, 4.69) is 20.5 Å². The molecule has 0 aliphatic carbocycles. The number of hydrogen-bond donors (Lipinski definition) is 2. The molecular formula is C17H18FN5O. The Balaban J connectivity index is 1.64. The van der Waals surface area contributed by atoms with Crippen LogP contribution in [0.3, 0.4) is 0 Å². The molecule has 1 aromatic carbocycles. The molecule has 0 fully saturated rings. The number of carbonyl (C=O) groups is 1. The van der Waals surface area contributed by atoms with Gasteiger partial charge in [0.1, 0.15) is 5.82 Å². The molecule has 1 amide bonds. The first-order valence-corrected chi connectivity index (χ1v) is 7.60. The van der Waals surface area contributed by atoms with Crippen molar-refractivity contribution < 1.29 is 9.18 Å². The van der Waals surface area contributed by atoms with Crippen molar-refractivity contribution in [2.75, 3.05) is 5.32 Å². The molecule has 0 bridgehead atoms. The topological polar surface area (TPSA) is 75.6 Å². The minimum Gasteiger partial charge on any atom is -0.338 e. The predicted molar refractivity (Wildman–Crippen MR) is 88.9 cm³/mol. The Hall–Kier alpha value is -2.96. The number of benzene rings is 1. The van der Waals surface area contributed by atoms with Crippen molar-refractivity contribution in [2.24, 2.45) is 7.05 Å². The third-order valence-corrected chi connectivity index (χ3v) is 3.78. The molecular weight excluding hydrogens is 309 g/mol. The van der Waals surface area contributed by atoms with Gasteiger partial charge in [0.15, 0.2) is 5.82 Å². The molecule has 0 spiro atoms.